The average molecular weight is 237 g/mol. The summed E-state index contributed by atoms with van der Waals surface area (Å²) in [6.07, 6.45) is 9.92. The number of hydrogen-bond acceptors (Lipinski definition) is 3. The minimum Gasteiger partial charge on any atom is -0.312 e. The maximum absolute atomic E-state index is 5.82. The molecule has 0 saturated heterocycles. The molecule has 0 unspecified atom stereocenters. The van der Waals surface area contributed by atoms with E-state index in [1.54, 1.807) is 6.20 Å². The van der Waals surface area contributed by atoms with Gasteiger partial charge in [-0.05, 0) is 24.4 Å². The lowest BCUT2D eigenvalue weighted by atomic mass is 9.95. The van der Waals surface area contributed by atoms with E-state index in [4.69, 9.17) is 11.6 Å². The van der Waals surface area contributed by atoms with Crippen LogP contribution in [0.2, 0.25) is 5.28 Å². The van der Waals surface area contributed by atoms with E-state index >= 15 is 0 Å². The zero-order chi connectivity index (χ0) is 11.0. The predicted molar refractivity (Wildman–Crippen MR) is 62.5 cm³/mol. The van der Waals surface area contributed by atoms with Crippen LogP contribution in [-0.2, 0) is 0 Å². The number of aromatic nitrogens is 4. The maximum Gasteiger partial charge on any atom is 0.224 e. The third kappa shape index (κ3) is 1.67. The molecule has 16 heavy (non-hydrogen) atoms. The van der Waals surface area contributed by atoms with Crippen molar-refractivity contribution in [3.63, 3.8) is 0 Å². The van der Waals surface area contributed by atoms with Gasteiger partial charge in [-0.2, -0.15) is 4.98 Å². The molecule has 2 heterocycles. The van der Waals surface area contributed by atoms with Gasteiger partial charge in [-0.25, -0.2) is 9.97 Å². The molecule has 1 fully saturated rings. The van der Waals surface area contributed by atoms with Gasteiger partial charge in [0.05, 0.1) is 12.5 Å². The average Bonchev–Trinajstić information content (AvgIpc) is 2.73. The second-order valence-electron chi connectivity index (χ2n) is 4.29. The number of hydrogen-bond donors (Lipinski definition) is 0. The number of nitrogens with zero attached hydrogens (tertiary/aromatic N) is 4. The van der Waals surface area contributed by atoms with Crippen molar-refractivity contribution in [1.82, 2.24) is 19.5 Å². The minimum absolute atomic E-state index is 0.296. The molecular formula is C11H13ClN4. The summed E-state index contributed by atoms with van der Waals surface area (Å²) in [5, 5.41) is 0.296. The second-order valence-corrected chi connectivity index (χ2v) is 4.63. The lowest BCUT2D eigenvalue weighted by molar-refractivity contribution is 0.358. The van der Waals surface area contributed by atoms with Crippen molar-refractivity contribution in [1.29, 1.82) is 0 Å². The molecule has 0 radical (unpaired) electrons. The molecule has 1 aliphatic carbocycles. The Bertz CT molecular complexity index is 502. The van der Waals surface area contributed by atoms with Crippen molar-refractivity contribution in [2.75, 3.05) is 0 Å². The summed E-state index contributed by atoms with van der Waals surface area (Å²) in [6, 6.07) is 0.532. The van der Waals surface area contributed by atoms with E-state index in [-0.39, 0.29) is 0 Å². The zero-order valence-electron chi connectivity index (χ0n) is 8.93. The largest absolute Gasteiger partial charge is 0.312 e. The van der Waals surface area contributed by atoms with E-state index in [0.717, 1.165) is 11.2 Å². The van der Waals surface area contributed by atoms with Crippen LogP contribution in [-0.4, -0.2) is 19.5 Å². The van der Waals surface area contributed by atoms with Crippen LogP contribution in [0.3, 0.4) is 0 Å². The van der Waals surface area contributed by atoms with Gasteiger partial charge >= 0.3 is 0 Å². The Hall–Kier alpha value is -1.16. The highest BCUT2D eigenvalue weighted by molar-refractivity contribution is 6.28. The van der Waals surface area contributed by atoms with Crippen molar-refractivity contribution in [3.8, 4) is 0 Å². The fourth-order valence-corrected chi connectivity index (χ4v) is 2.56. The van der Waals surface area contributed by atoms with Crippen LogP contribution >= 0.6 is 11.6 Å². The highest BCUT2D eigenvalue weighted by atomic mass is 35.5. The molecule has 3 rings (SSSR count). The van der Waals surface area contributed by atoms with Crippen molar-refractivity contribution < 1.29 is 0 Å². The van der Waals surface area contributed by atoms with E-state index < -0.39 is 0 Å². The van der Waals surface area contributed by atoms with Crippen LogP contribution in [0.4, 0.5) is 0 Å². The highest BCUT2D eigenvalue weighted by Gasteiger charge is 2.18. The third-order valence-corrected chi connectivity index (χ3v) is 3.44. The van der Waals surface area contributed by atoms with Gasteiger partial charge < -0.3 is 4.57 Å². The van der Waals surface area contributed by atoms with Crippen LogP contribution in [0.15, 0.2) is 12.5 Å². The van der Waals surface area contributed by atoms with Gasteiger partial charge in [0.2, 0.25) is 5.28 Å². The second kappa shape index (κ2) is 4.01. The van der Waals surface area contributed by atoms with Crippen LogP contribution in [0.1, 0.15) is 38.1 Å². The SMILES string of the molecule is Clc1ncc2ncn(C3CCCCC3)c2n1. The van der Waals surface area contributed by atoms with Crippen molar-refractivity contribution in [2.45, 2.75) is 38.1 Å². The van der Waals surface area contributed by atoms with Crippen LogP contribution in [0.25, 0.3) is 11.2 Å². The van der Waals surface area contributed by atoms with Gasteiger partial charge in [0.1, 0.15) is 5.52 Å². The Kier molecular flexibility index (Phi) is 2.52. The summed E-state index contributed by atoms with van der Waals surface area (Å²) >= 11 is 5.82. The lowest BCUT2D eigenvalue weighted by Crippen LogP contribution is -2.12. The molecule has 5 heteroatoms. The van der Waals surface area contributed by atoms with E-state index in [2.05, 4.69) is 19.5 Å². The monoisotopic (exact) mass is 236 g/mol. The van der Waals surface area contributed by atoms with Gasteiger partial charge in [-0.1, -0.05) is 19.3 Å². The zero-order valence-corrected chi connectivity index (χ0v) is 9.69. The van der Waals surface area contributed by atoms with Crippen molar-refractivity contribution in [2.24, 2.45) is 0 Å². The quantitative estimate of drug-likeness (QED) is 0.715. The molecule has 4 nitrogen and oxygen atoms in total. The number of halogens is 1. The van der Waals surface area contributed by atoms with E-state index in [1.165, 1.54) is 32.1 Å². The molecule has 84 valence electrons. The van der Waals surface area contributed by atoms with Gasteiger partial charge in [0, 0.05) is 6.04 Å². The Labute approximate surface area is 98.7 Å². The Balaban J connectivity index is 2.05. The van der Waals surface area contributed by atoms with Gasteiger partial charge in [-0.3, -0.25) is 0 Å². The van der Waals surface area contributed by atoms with Gasteiger partial charge in [-0.15, -0.1) is 0 Å². The first-order valence-electron chi connectivity index (χ1n) is 5.69. The van der Waals surface area contributed by atoms with Crippen LogP contribution < -0.4 is 0 Å². The lowest BCUT2D eigenvalue weighted by Gasteiger charge is -2.22. The molecule has 0 amide bonds. The number of imidazole rings is 1. The number of fused-ring (bicyclic) bond motifs is 1. The maximum atomic E-state index is 5.82. The summed E-state index contributed by atoms with van der Waals surface area (Å²) in [5.74, 6) is 0. The molecule has 0 atom stereocenters. The van der Waals surface area contributed by atoms with Crippen LogP contribution in [0, 0.1) is 0 Å². The highest BCUT2D eigenvalue weighted by Crippen LogP contribution is 2.30. The first kappa shape index (κ1) is 10.0. The summed E-state index contributed by atoms with van der Waals surface area (Å²) in [7, 11) is 0. The standard InChI is InChI=1S/C11H13ClN4/c12-11-13-6-9-10(15-11)16(7-14-9)8-4-2-1-3-5-8/h6-8H,1-5H2. The summed E-state index contributed by atoms with van der Waals surface area (Å²) in [4.78, 5) is 12.5. The van der Waals surface area contributed by atoms with E-state index in [0.29, 0.717) is 11.3 Å². The first-order valence-corrected chi connectivity index (χ1v) is 6.07. The Morgan fingerprint density at radius 2 is 2.00 bits per heavy atom. The molecule has 0 N–H and O–H groups in total. The first-order chi connectivity index (χ1) is 7.84. The topological polar surface area (TPSA) is 43.6 Å². The molecule has 0 aliphatic heterocycles. The molecule has 2 aromatic rings. The summed E-state index contributed by atoms with van der Waals surface area (Å²) in [6.45, 7) is 0. The Morgan fingerprint density at radius 1 is 1.19 bits per heavy atom. The molecule has 1 aliphatic rings. The molecule has 2 aromatic heterocycles. The predicted octanol–water partition coefficient (Wildman–Crippen LogP) is 2.98. The minimum atomic E-state index is 0.296. The molecule has 0 bridgehead atoms. The van der Waals surface area contributed by atoms with E-state index in [9.17, 15) is 0 Å². The Morgan fingerprint density at radius 3 is 2.81 bits per heavy atom. The molecule has 0 aromatic carbocycles. The fraction of sp³-hybridized carbons (Fsp3) is 0.545. The smallest absolute Gasteiger partial charge is 0.224 e. The number of rotatable bonds is 1. The van der Waals surface area contributed by atoms with Crippen molar-refractivity contribution >= 4 is 22.8 Å². The third-order valence-electron chi connectivity index (χ3n) is 3.25. The van der Waals surface area contributed by atoms with Crippen LogP contribution in [0.5, 0.6) is 0 Å². The summed E-state index contributed by atoms with van der Waals surface area (Å²) in [5.41, 5.74) is 1.70. The normalized spacial score (nSPS) is 18.1. The van der Waals surface area contributed by atoms with Gasteiger partial charge in [0.25, 0.3) is 0 Å². The summed E-state index contributed by atoms with van der Waals surface area (Å²) < 4.78 is 2.15. The van der Waals surface area contributed by atoms with E-state index in [1.807, 2.05) is 6.33 Å². The molecule has 0 spiro atoms. The molecular weight excluding hydrogens is 224 g/mol. The van der Waals surface area contributed by atoms with Gasteiger partial charge in [0.15, 0.2) is 5.65 Å². The van der Waals surface area contributed by atoms with Crippen molar-refractivity contribution in [3.05, 3.63) is 17.8 Å². The fourth-order valence-electron chi connectivity index (χ4n) is 2.43. The molecule has 1 saturated carbocycles.